The number of anilines is 1. The molecule has 19 heavy (non-hydrogen) atoms. The molecular weight excluding hydrogens is 240 g/mol. The number of ether oxygens (including phenoxy) is 1. The molecule has 4 heteroatoms. The fraction of sp³-hybridized carbons (Fsp3) is 0.667. The third-order valence-electron chi connectivity index (χ3n) is 4.05. The van der Waals surface area contributed by atoms with E-state index in [2.05, 4.69) is 6.92 Å². The number of aryl methyl sites for hydroxylation is 1. The fourth-order valence-electron chi connectivity index (χ4n) is 2.90. The molecular formula is C15H24N2O2. The summed E-state index contributed by atoms with van der Waals surface area (Å²) in [6.45, 7) is 4.92. The predicted molar refractivity (Wildman–Crippen MR) is 76.0 cm³/mol. The summed E-state index contributed by atoms with van der Waals surface area (Å²) in [4.78, 5) is 12.2. The first-order chi connectivity index (χ1) is 9.13. The van der Waals surface area contributed by atoms with Gasteiger partial charge in [0, 0.05) is 12.7 Å². The van der Waals surface area contributed by atoms with Crippen LogP contribution in [0.4, 0.5) is 5.69 Å². The second-order valence-corrected chi connectivity index (χ2v) is 5.41. The standard InChI is InChI=1S/C15H24N2O2/c1-3-11-6-5-7-13(8-11)19-15(18)14-9-12(16)10-17(14)4-2/h9-11,13H,3-8,16H2,1-2H3. The number of aromatic nitrogens is 1. The van der Waals surface area contributed by atoms with Crippen molar-refractivity contribution in [2.24, 2.45) is 5.92 Å². The average Bonchev–Trinajstić information content (AvgIpc) is 2.80. The first-order valence-electron chi connectivity index (χ1n) is 7.30. The van der Waals surface area contributed by atoms with Crippen molar-refractivity contribution in [2.75, 3.05) is 5.73 Å². The van der Waals surface area contributed by atoms with Crippen molar-refractivity contribution in [3.8, 4) is 0 Å². The highest BCUT2D eigenvalue weighted by Gasteiger charge is 2.25. The van der Waals surface area contributed by atoms with Crippen LogP contribution in [0.25, 0.3) is 0 Å². The highest BCUT2D eigenvalue weighted by molar-refractivity contribution is 5.89. The normalized spacial score (nSPS) is 23.3. The van der Waals surface area contributed by atoms with Crippen molar-refractivity contribution in [3.63, 3.8) is 0 Å². The van der Waals surface area contributed by atoms with Crippen molar-refractivity contribution in [2.45, 2.75) is 58.6 Å². The smallest absolute Gasteiger partial charge is 0.355 e. The predicted octanol–water partition coefficient (Wildman–Crippen LogP) is 3.22. The average molecular weight is 264 g/mol. The van der Waals surface area contributed by atoms with Gasteiger partial charge in [-0.3, -0.25) is 0 Å². The van der Waals surface area contributed by atoms with Crippen LogP contribution in [0, 0.1) is 5.92 Å². The van der Waals surface area contributed by atoms with E-state index >= 15 is 0 Å². The molecule has 0 spiro atoms. The molecule has 0 aromatic carbocycles. The summed E-state index contributed by atoms with van der Waals surface area (Å²) < 4.78 is 7.49. The van der Waals surface area contributed by atoms with Gasteiger partial charge in [-0.2, -0.15) is 0 Å². The van der Waals surface area contributed by atoms with Crippen LogP contribution in [0.2, 0.25) is 0 Å². The molecule has 0 aliphatic heterocycles. The summed E-state index contributed by atoms with van der Waals surface area (Å²) in [5.74, 6) is 0.467. The van der Waals surface area contributed by atoms with Gasteiger partial charge in [0.1, 0.15) is 11.8 Å². The summed E-state index contributed by atoms with van der Waals surface area (Å²) in [5.41, 5.74) is 6.92. The number of carbonyl (C=O) groups excluding carboxylic acids is 1. The molecule has 2 N–H and O–H groups in total. The van der Waals surface area contributed by atoms with Gasteiger partial charge in [-0.25, -0.2) is 4.79 Å². The maximum absolute atomic E-state index is 12.2. The van der Waals surface area contributed by atoms with Gasteiger partial charge < -0.3 is 15.0 Å². The van der Waals surface area contributed by atoms with E-state index in [0.29, 0.717) is 17.3 Å². The Labute approximate surface area is 114 Å². The van der Waals surface area contributed by atoms with Gasteiger partial charge in [-0.15, -0.1) is 0 Å². The van der Waals surface area contributed by atoms with Gasteiger partial charge in [0.15, 0.2) is 0 Å². The zero-order chi connectivity index (χ0) is 13.8. The van der Waals surface area contributed by atoms with E-state index in [1.165, 1.54) is 12.8 Å². The minimum Gasteiger partial charge on any atom is -0.458 e. The molecule has 0 radical (unpaired) electrons. The lowest BCUT2D eigenvalue weighted by molar-refractivity contribution is 0.0129. The zero-order valence-corrected chi connectivity index (χ0v) is 11.9. The van der Waals surface area contributed by atoms with Crippen molar-refractivity contribution in [3.05, 3.63) is 18.0 Å². The lowest BCUT2D eigenvalue weighted by Crippen LogP contribution is -2.26. The van der Waals surface area contributed by atoms with Crippen LogP contribution in [0.3, 0.4) is 0 Å². The van der Waals surface area contributed by atoms with Gasteiger partial charge in [0.05, 0.1) is 5.69 Å². The first kappa shape index (κ1) is 14.0. The molecule has 4 nitrogen and oxygen atoms in total. The Balaban J connectivity index is 2.00. The second-order valence-electron chi connectivity index (χ2n) is 5.41. The number of carbonyl (C=O) groups is 1. The third kappa shape index (κ3) is 3.31. The Bertz CT molecular complexity index is 439. The Morgan fingerprint density at radius 1 is 1.47 bits per heavy atom. The Kier molecular flexibility index (Phi) is 4.51. The molecule has 2 rings (SSSR count). The number of hydrogen-bond acceptors (Lipinski definition) is 3. The number of esters is 1. The summed E-state index contributed by atoms with van der Waals surface area (Å²) >= 11 is 0. The third-order valence-corrected chi connectivity index (χ3v) is 4.05. The van der Waals surface area contributed by atoms with Crippen LogP contribution in [0.15, 0.2) is 12.3 Å². The molecule has 1 aliphatic rings. The Morgan fingerprint density at radius 3 is 2.95 bits per heavy atom. The molecule has 1 aliphatic carbocycles. The topological polar surface area (TPSA) is 57.2 Å². The van der Waals surface area contributed by atoms with E-state index in [4.69, 9.17) is 10.5 Å². The number of nitrogen functional groups attached to an aromatic ring is 1. The maximum atomic E-state index is 12.2. The summed E-state index contributed by atoms with van der Waals surface area (Å²) in [7, 11) is 0. The van der Waals surface area contributed by atoms with E-state index in [1.807, 2.05) is 11.5 Å². The molecule has 0 amide bonds. The largest absolute Gasteiger partial charge is 0.458 e. The molecule has 2 unspecified atom stereocenters. The highest BCUT2D eigenvalue weighted by atomic mass is 16.5. The summed E-state index contributed by atoms with van der Waals surface area (Å²) in [5, 5.41) is 0. The van der Waals surface area contributed by atoms with Gasteiger partial charge in [-0.1, -0.05) is 19.8 Å². The van der Waals surface area contributed by atoms with Gasteiger partial charge >= 0.3 is 5.97 Å². The van der Waals surface area contributed by atoms with Crippen LogP contribution in [-0.2, 0) is 11.3 Å². The number of rotatable bonds is 4. The molecule has 106 valence electrons. The van der Waals surface area contributed by atoms with Gasteiger partial charge in [0.2, 0.25) is 0 Å². The maximum Gasteiger partial charge on any atom is 0.355 e. The monoisotopic (exact) mass is 264 g/mol. The van der Waals surface area contributed by atoms with Gasteiger partial charge in [0.25, 0.3) is 0 Å². The molecule has 0 bridgehead atoms. The van der Waals surface area contributed by atoms with Crippen LogP contribution in [-0.4, -0.2) is 16.6 Å². The van der Waals surface area contributed by atoms with Crippen LogP contribution < -0.4 is 5.73 Å². The molecule has 1 fully saturated rings. The number of nitrogens with two attached hydrogens (primary N) is 1. The van der Waals surface area contributed by atoms with E-state index in [9.17, 15) is 4.79 Å². The van der Waals surface area contributed by atoms with Crippen LogP contribution in [0.5, 0.6) is 0 Å². The Hall–Kier alpha value is -1.45. The Morgan fingerprint density at radius 2 is 2.26 bits per heavy atom. The molecule has 1 aromatic heterocycles. The SMILES string of the molecule is CCC1CCCC(OC(=O)c2cc(N)cn2CC)C1. The van der Waals surface area contributed by atoms with E-state index in [0.717, 1.165) is 25.8 Å². The van der Waals surface area contributed by atoms with Crippen molar-refractivity contribution >= 4 is 11.7 Å². The lowest BCUT2D eigenvalue weighted by Gasteiger charge is -2.28. The van der Waals surface area contributed by atoms with Gasteiger partial charge in [-0.05, 0) is 38.2 Å². The minimum atomic E-state index is -0.236. The molecule has 1 heterocycles. The second kappa shape index (κ2) is 6.13. The molecule has 1 saturated carbocycles. The summed E-state index contributed by atoms with van der Waals surface area (Å²) in [6.07, 6.45) is 7.46. The minimum absolute atomic E-state index is 0.0765. The zero-order valence-electron chi connectivity index (χ0n) is 11.9. The summed E-state index contributed by atoms with van der Waals surface area (Å²) in [6, 6.07) is 1.70. The number of nitrogens with zero attached hydrogens (tertiary/aromatic N) is 1. The first-order valence-corrected chi connectivity index (χ1v) is 7.30. The molecule has 2 atom stereocenters. The number of hydrogen-bond donors (Lipinski definition) is 1. The fourth-order valence-corrected chi connectivity index (χ4v) is 2.90. The van der Waals surface area contributed by atoms with E-state index < -0.39 is 0 Å². The quantitative estimate of drug-likeness (QED) is 0.849. The van der Waals surface area contributed by atoms with E-state index in [-0.39, 0.29) is 12.1 Å². The van der Waals surface area contributed by atoms with Crippen LogP contribution in [0.1, 0.15) is 56.4 Å². The van der Waals surface area contributed by atoms with Crippen LogP contribution >= 0.6 is 0 Å². The van der Waals surface area contributed by atoms with Crippen molar-refractivity contribution in [1.29, 1.82) is 0 Å². The molecule has 0 saturated heterocycles. The lowest BCUT2D eigenvalue weighted by atomic mass is 9.85. The van der Waals surface area contributed by atoms with Crippen molar-refractivity contribution in [1.82, 2.24) is 4.57 Å². The van der Waals surface area contributed by atoms with Crippen molar-refractivity contribution < 1.29 is 9.53 Å². The molecule has 1 aromatic rings. The highest BCUT2D eigenvalue weighted by Crippen LogP contribution is 2.29. The van der Waals surface area contributed by atoms with E-state index in [1.54, 1.807) is 12.3 Å².